The fraction of sp³-hybridized carbons (Fsp3) is 0.240. The molecule has 0 saturated carbocycles. The van der Waals surface area contributed by atoms with E-state index in [2.05, 4.69) is 24.3 Å². The van der Waals surface area contributed by atoms with Gasteiger partial charge in [-0.25, -0.2) is 0 Å². The number of Topliss-reactive ketones (excluding diaryl/α,β-unsaturated/α-hetero) is 3. The third-order valence-corrected chi connectivity index (χ3v) is 7.95. The first kappa shape index (κ1) is 14.0. The highest BCUT2D eigenvalue weighted by atomic mass is 16.1. The number of fused-ring (bicyclic) bond motifs is 18. The molecule has 0 heterocycles. The Labute approximate surface area is 160 Å². The van der Waals surface area contributed by atoms with E-state index in [0.29, 0.717) is 0 Å². The Morgan fingerprint density at radius 1 is 0.393 bits per heavy atom. The van der Waals surface area contributed by atoms with Crippen molar-refractivity contribution in [1.29, 1.82) is 0 Å². The van der Waals surface area contributed by atoms with E-state index in [-0.39, 0.29) is 52.9 Å². The molecule has 0 aliphatic heterocycles. The standard InChI is InChI=1S/C25H14O3/c26-23-9-1-2-10(23)14-6-18-17(5-13(9)14)21-19-7-15-11-3-4-12(24(11)27)16(15)8-20(19)22(18)25(21)28/h1-12,21-22H/t9-,10?,11?,12?,21?,22?/m1/s1. The first-order valence-electron chi connectivity index (χ1n) is 9.96. The van der Waals surface area contributed by atoms with Crippen LogP contribution in [0.15, 0.2) is 48.6 Å². The first-order valence-corrected chi connectivity index (χ1v) is 9.96. The van der Waals surface area contributed by atoms with Crippen LogP contribution in [0.25, 0.3) is 0 Å². The summed E-state index contributed by atoms with van der Waals surface area (Å²) in [6.07, 6.45) is 8.02. The SMILES string of the molecule is O=C1C2C=CC1c1cc3c(cc12)C1C(=O)C3c2cc3c(cc21)C1C=C[C@H]3C1=O. The molecule has 3 heteroatoms. The minimum Gasteiger partial charge on any atom is -0.298 e. The second kappa shape index (κ2) is 4.02. The van der Waals surface area contributed by atoms with Gasteiger partial charge in [0, 0.05) is 0 Å². The van der Waals surface area contributed by atoms with Crippen molar-refractivity contribution in [3.8, 4) is 0 Å². The van der Waals surface area contributed by atoms with E-state index >= 15 is 0 Å². The van der Waals surface area contributed by atoms with Crippen LogP contribution in [0.1, 0.15) is 80.0 Å². The van der Waals surface area contributed by atoms with Crippen molar-refractivity contribution in [2.45, 2.75) is 35.5 Å². The monoisotopic (exact) mass is 362 g/mol. The van der Waals surface area contributed by atoms with Gasteiger partial charge in [0.1, 0.15) is 0 Å². The molecule has 0 amide bonds. The summed E-state index contributed by atoms with van der Waals surface area (Å²) < 4.78 is 0. The predicted octanol–water partition coefficient (Wildman–Crippen LogP) is 3.49. The molecule has 3 nitrogen and oxygen atoms in total. The van der Waals surface area contributed by atoms with Crippen molar-refractivity contribution >= 4 is 17.3 Å². The van der Waals surface area contributed by atoms with Crippen molar-refractivity contribution in [1.82, 2.24) is 0 Å². The number of rotatable bonds is 0. The van der Waals surface area contributed by atoms with Crippen LogP contribution in [0, 0.1) is 0 Å². The van der Waals surface area contributed by atoms with E-state index in [4.69, 9.17) is 0 Å². The number of allylic oxidation sites excluding steroid dienone is 4. The van der Waals surface area contributed by atoms with E-state index in [1.807, 2.05) is 24.3 Å². The maximum Gasteiger partial charge on any atom is 0.156 e. The van der Waals surface area contributed by atoms with E-state index in [0.717, 1.165) is 44.5 Å². The highest BCUT2D eigenvalue weighted by Crippen LogP contribution is 2.59. The molecule has 6 atom stereocenters. The van der Waals surface area contributed by atoms with Gasteiger partial charge < -0.3 is 0 Å². The van der Waals surface area contributed by atoms with Crippen molar-refractivity contribution in [2.75, 3.05) is 0 Å². The molecule has 6 bridgehead atoms. The molecule has 6 aliphatic rings. The van der Waals surface area contributed by atoms with Gasteiger partial charge in [0.05, 0.1) is 35.5 Å². The maximum absolute atomic E-state index is 13.3. The minimum atomic E-state index is -0.234. The lowest BCUT2D eigenvalue weighted by molar-refractivity contribution is -0.119. The topological polar surface area (TPSA) is 51.2 Å². The van der Waals surface area contributed by atoms with Crippen LogP contribution in [0.3, 0.4) is 0 Å². The van der Waals surface area contributed by atoms with Gasteiger partial charge in [-0.1, -0.05) is 48.6 Å². The van der Waals surface area contributed by atoms with E-state index in [9.17, 15) is 14.4 Å². The molecule has 0 aromatic heterocycles. The molecule has 0 fully saturated rings. The highest BCUT2D eigenvalue weighted by Gasteiger charge is 2.53. The quantitative estimate of drug-likeness (QED) is 0.674. The van der Waals surface area contributed by atoms with E-state index in [1.165, 1.54) is 0 Å². The molecule has 2 aromatic rings. The van der Waals surface area contributed by atoms with Gasteiger partial charge in [-0.05, 0) is 44.5 Å². The summed E-state index contributed by atoms with van der Waals surface area (Å²) in [6.45, 7) is 0. The molecule has 0 radical (unpaired) electrons. The Kier molecular flexibility index (Phi) is 2.01. The first-order chi connectivity index (χ1) is 13.6. The Morgan fingerprint density at radius 3 is 0.964 bits per heavy atom. The van der Waals surface area contributed by atoms with E-state index < -0.39 is 0 Å². The lowest BCUT2D eigenvalue weighted by Crippen LogP contribution is -2.08. The van der Waals surface area contributed by atoms with Crippen molar-refractivity contribution in [2.24, 2.45) is 0 Å². The summed E-state index contributed by atoms with van der Waals surface area (Å²) >= 11 is 0. The maximum atomic E-state index is 13.3. The number of carbonyl (C=O) groups excluding carboxylic acids is 3. The summed E-state index contributed by atoms with van der Waals surface area (Å²) in [6, 6.07) is 8.53. The molecule has 0 spiro atoms. The summed E-state index contributed by atoms with van der Waals surface area (Å²) in [7, 11) is 0. The van der Waals surface area contributed by atoms with Gasteiger partial charge in [0.25, 0.3) is 0 Å². The molecule has 5 unspecified atom stereocenters. The lowest BCUT2D eigenvalue weighted by Gasteiger charge is -2.23. The minimum absolute atomic E-state index is 0.127. The zero-order chi connectivity index (χ0) is 18.5. The summed E-state index contributed by atoms with van der Waals surface area (Å²) in [5, 5.41) is 0. The predicted molar refractivity (Wildman–Crippen MR) is 101 cm³/mol. The van der Waals surface area contributed by atoms with Gasteiger partial charge in [0.15, 0.2) is 17.3 Å². The largest absolute Gasteiger partial charge is 0.298 e. The third-order valence-electron chi connectivity index (χ3n) is 7.95. The Hall–Kier alpha value is -3.07. The van der Waals surface area contributed by atoms with Gasteiger partial charge in [-0.2, -0.15) is 0 Å². The average molecular weight is 362 g/mol. The molecule has 0 saturated heterocycles. The van der Waals surface area contributed by atoms with Crippen LogP contribution in [0.5, 0.6) is 0 Å². The number of hydrogen-bond donors (Lipinski definition) is 0. The van der Waals surface area contributed by atoms with Crippen LogP contribution in [0.2, 0.25) is 0 Å². The Bertz CT molecular complexity index is 1120. The van der Waals surface area contributed by atoms with Crippen LogP contribution in [-0.2, 0) is 14.4 Å². The van der Waals surface area contributed by atoms with E-state index in [1.54, 1.807) is 0 Å². The van der Waals surface area contributed by atoms with Crippen molar-refractivity contribution in [3.05, 3.63) is 93.1 Å². The summed E-state index contributed by atoms with van der Waals surface area (Å²) in [5.74, 6) is -0.172. The molecular formula is C25H14O3. The summed E-state index contributed by atoms with van der Waals surface area (Å²) in [4.78, 5) is 38.2. The Morgan fingerprint density at radius 2 is 0.679 bits per heavy atom. The number of carbonyl (C=O) groups is 3. The zero-order valence-corrected chi connectivity index (χ0v) is 14.8. The van der Waals surface area contributed by atoms with Gasteiger partial charge in [-0.3, -0.25) is 14.4 Å². The van der Waals surface area contributed by atoms with Crippen molar-refractivity contribution < 1.29 is 14.4 Å². The van der Waals surface area contributed by atoms with Crippen LogP contribution >= 0.6 is 0 Å². The van der Waals surface area contributed by atoms with Crippen LogP contribution in [-0.4, -0.2) is 17.3 Å². The smallest absolute Gasteiger partial charge is 0.156 e. The van der Waals surface area contributed by atoms with Gasteiger partial charge in [-0.15, -0.1) is 0 Å². The molecule has 2 aromatic carbocycles. The average Bonchev–Trinajstić information content (AvgIpc) is 3.48. The lowest BCUT2D eigenvalue weighted by atomic mass is 9.80. The van der Waals surface area contributed by atoms with Gasteiger partial charge >= 0.3 is 0 Å². The normalized spacial score (nSPS) is 35.8. The van der Waals surface area contributed by atoms with Crippen LogP contribution in [0.4, 0.5) is 0 Å². The highest BCUT2D eigenvalue weighted by molar-refractivity contribution is 6.09. The Balaban J connectivity index is 1.36. The number of hydrogen-bond acceptors (Lipinski definition) is 3. The fourth-order valence-electron chi connectivity index (χ4n) is 6.77. The second-order valence-electron chi connectivity index (χ2n) is 8.97. The number of ketones is 3. The molecular weight excluding hydrogens is 348 g/mol. The zero-order valence-electron chi connectivity index (χ0n) is 14.8. The summed E-state index contributed by atoms with van der Waals surface area (Å²) in [5.41, 5.74) is 8.71. The fourth-order valence-corrected chi connectivity index (χ4v) is 6.77. The molecule has 0 N–H and O–H groups in total. The van der Waals surface area contributed by atoms with Crippen molar-refractivity contribution in [3.63, 3.8) is 0 Å². The molecule has 8 rings (SSSR count). The molecule has 6 aliphatic carbocycles. The second-order valence-corrected chi connectivity index (χ2v) is 8.97. The molecule has 28 heavy (non-hydrogen) atoms. The third kappa shape index (κ3) is 1.22. The number of benzene rings is 2. The van der Waals surface area contributed by atoms with Gasteiger partial charge in [0.2, 0.25) is 0 Å². The molecule has 132 valence electrons. The van der Waals surface area contributed by atoms with Crippen LogP contribution < -0.4 is 0 Å².